The van der Waals surface area contributed by atoms with Gasteiger partial charge in [-0.1, -0.05) is 11.6 Å². The minimum Gasteiger partial charge on any atom is -0.397 e. The van der Waals surface area contributed by atoms with Crippen LogP contribution in [0.4, 0.5) is 11.4 Å². The Kier molecular flexibility index (Phi) is 4.13. The van der Waals surface area contributed by atoms with Crippen LogP contribution in [0.25, 0.3) is 0 Å². The van der Waals surface area contributed by atoms with Crippen LogP contribution >= 0.6 is 11.6 Å². The number of carbonyl (C=O) groups is 1. The largest absolute Gasteiger partial charge is 0.397 e. The lowest BCUT2D eigenvalue weighted by Crippen LogP contribution is -2.40. The van der Waals surface area contributed by atoms with Crippen LogP contribution < -0.4 is 22.3 Å². The lowest BCUT2D eigenvalue weighted by molar-refractivity contribution is -0.116. The van der Waals surface area contributed by atoms with Gasteiger partial charge in [0.1, 0.15) is 6.54 Å². The Morgan fingerprint density at radius 2 is 2.05 bits per heavy atom. The van der Waals surface area contributed by atoms with Crippen LogP contribution in [0.3, 0.4) is 0 Å². The molecule has 110 valence electrons. The van der Waals surface area contributed by atoms with E-state index >= 15 is 0 Å². The number of hydrogen-bond acceptors (Lipinski definition) is 4. The molecule has 3 N–H and O–H groups in total. The maximum Gasteiger partial charge on any atom is 0.331 e. The van der Waals surface area contributed by atoms with Crippen LogP contribution in [0.5, 0.6) is 0 Å². The van der Waals surface area contributed by atoms with Crippen LogP contribution in [0.15, 0.2) is 40.1 Å². The molecule has 0 atom stereocenters. The quantitative estimate of drug-likeness (QED) is 0.803. The first-order valence-corrected chi connectivity index (χ1v) is 6.37. The number of hydrogen-bond donors (Lipinski definition) is 2. The van der Waals surface area contributed by atoms with Crippen molar-refractivity contribution in [1.82, 2.24) is 9.13 Å². The number of nitrogen functional groups attached to an aromatic ring is 1. The van der Waals surface area contributed by atoms with Crippen molar-refractivity contribution in [2.75, 3.05) is 11.1 Å². The van der Waals surface area contributed by atoms with E-state index in [-0.39, 0.29) is 6.54 Å². The molecule has 0 aliphatic heterocycles. The van der Waals surface area contributed by atoms with Crippen molar-refractivity contribution in [3.05, 3.63) is 56.3 Å². The molecular formula is C13H13ClN4O3. The van der Waals surface area contributed by atoms with Gasteiger partial charge in [0, 0.05) is 25.0 Å². The first-order valence-electron chi connectivity index (χ1n) is 6.00. The predicted molar refractivity (Wildman–Crippen MR) is 80.4 cm³/mol. The summed E-state index contributed by atoms with van der Waals surface area (Å²) in [5.74, 6) is -0.512. The molecule has 0 fully saturated rings. The summed E-state index contributed by atoms with van der Waals surface area (Å²) >= 11 is 5.78. The summed E-state index contributed by atoms with van der Waals surface area (Å²) in [5, 5.41) is 2.92. The summed E-state index contributed by atoms with van der Waals surface area (Å²) in [5.41, 5.74) is 5.28. The molecule has 0 aliphatic carbocycles. The molecule has 7 nitrogen and oxygen atoms in total. The van der Waals surface area contributed by atoms with Gasteiger partial charge in [0.25, 0.3) is 5.56 Å². The van der Waals surface area contributed by atoms with E-state index in [1.54, 1.807) is 12.1 Å². The number of rotatable bonds is 3. The number of anilines is 2. The van der Waals surface area contributed by atoms with Crippen LogP contribution in [-0.2, 0) is 18.4 Å². The first kappa shape index (κ1) is 14.9. The highest BCUT2D eigenvalue weighted by Crippen LogP contribution is 2.22. The third kappa shape index (κ3) is 3.32. The van der Waals surface area contributed by atoms with Gasteiger partial charge in [0.05, 0.1) is 10.7 Å². The van der Waals surface area contributed by atoms with E-state index in [1.165, 1.54) is 29.9 Å². The van der Waals surface area contributed by atoms with Crippen LogP contribution in [0.1, 0.15) is 0 Å². The summed E-state index contributed by atoms with van der Waals surface area (Å²) in [4.78, 5) is 35.3. The lowest BCUT2D eigenvalue weighted by Gasteiger charge is -2.08. The van der Waals surface area contributed by atoms with Gasteiger partial charge in [-0.3, -0.25) is 14.2 Å². The standard InChI is InChI=1S/C13H13ClN4O3/c1-17-5-4-12(20)18(13(17)21)7-11(19)16-8-2-3-9(14)10(15)6-8/h2-6H,7,15H2,1H3,(H,16,19). The Hall–Kier alpha value is -2.54. The van der Waals surface area contributed by atoms with E-state index in [0.717, 1.165) is 4.57 Å². The Morgan fingerprint density at radius 1 is 1.33 bits per heavy atom. The fourth-order valence-corrected chi connectivity index (χ4v) is 1.84. The monoisotopic (exact) mass is 308 g/mol. The van der Waals surface area contributed by atoms with Crippen molar-refractivity contribution < 1.29 is 4.79 Å². The first-order chi connectivity index (χ1) is 9.88. The summed E-state index contributed by atoms with van der Waals surface area (Å²) in [6.45, 7) is -0.380. The Bertz CT molecular complexity index is 810. The Labute approximate surface area is 124 Å². The maximum absolute atomic E-state index is 11.9. The second-order valence-corrected chi connectivity index (χ2v) is 4.83. The number of amides is 1. The van der Waals surface area contributed by atoms with Crippen molar-refractivity contribution in [3.63, 3.8) is 0 Å². The zero-order valence-electron chi connectivity index (χ0n) is 11.2. The number of benzene rings is 1. The fourth-order valence-electron chi connectivity index (χ4n) is 1.73. The fraction of sp³-hybridized carbons (Fsp3) is 0.154. The highest BCUT2D eigenvalue weighted by atomic mass is 35.5. The van der Waals surface area contributed by atoms with E-state index in [0.29, 0.717) is 16.4 Å². The number of aromatic nitrogens is 2. The average Bonchev–Trinajstić information content (AvgIpc) is 2.43. The topological polar surface area (TPSA) is 99.1 Å². The van der Waals surface area contributed by atoms with E-state index in [2.05, 4.69) is 5.32 Å². The highest BCUT2D eigenvalue weighted by Gasteiger charge is 2.09. The second-order valence-electron chi connectivity index (χ2n) is 4.42. The van der Waals surface area contributed by atoms with E-state index in [1.807, 2.05) is 0 Å². The van der Waals surface area contributed by atoms with E-state index < -0.39 is 17.2 Å². The van der Waals surface area contributed by atoms with Gasteiger partial charge in [-0.15, -0.1) is 0 Å². The summed E-state index contributed by atoms with van der Waals surface area (Å²) < 4.78 is 2.06. The Morgan fingerprint density at radius 3 is 2.71 bits per heavy atom. The SMILES string of the molecule is Cn1ccc(=O)n(CC(=O)Nc2ccc(Cl)c(N)c2)c1=O. The summed E-state index contributed by atoms with van der Waals surface area (Å²) in [6.07, 6.45) is 1.35. The van der Waals surface area contributed by atoms with Gasteiger partial charge in [-0.2, -0.15) is 0 Å². The van der Waals surface area contributed by atoms with Crippen LogP contribution in [0.2, 0.25) is 5.02 Å². The molecule has 0 bridgehead atoms. The highest BCUT2D eigenvalue weighted by molar-refractivity contribution is 6.33. The predicted octanol–water partition coefficient (Wildman–Crippen LogP) is 0.421. The number of nitrogens with two attached hydrogens (primary N) is 1. The van der Waals surface area contributed by atoms with Crippen molar-refractivity contribution in [3.8, 4) is 0 Å². The molecular weight excluding hydrogens is 296 g/mol. The molecule has 2 rings (SSSR count). The normalized spacial score (nSPS) is 10.4. The number of halogens is 1. The Balaban J connectivity index is 2.19. The van der Waals surface area contributed by atoms with E-state index in [4.69, 9.17) is 17.3 Å². The number of nitrogens with zero attached hydrogens (tertiary/aromatic N) is 2. The molecule has 8 heteroatoms. The molecule has 0 aliphatic rings. The number of carbonyl (C=O) groups excluding carboxylic acids is 1. The van der Waals surface area contributed by atoms with Gasteiger partial charge in [-0.05, 0) is 18.2 Å². The average molecular weight is 309 g/mol. The summed E-state index contributed by atoms with van der Waals surface area (Å²) in [6, 6.07) is 5.82. The zero-order chi connectivity index (χ0) is 15.6. The van der Waals surface area contributed by atoms with Crippen molar-refractivity contribution in [2.45, 2.75) is 6.54 Å². The molecule has 0 radical (unpaired) electrons. The van der Waals surface area contributed by atoms with Crippen LogP contribution in [-0.4, -0.2) is 15.0 Å². The molecule has 1 heterocycles. The van der Waals surface area contributed by atoms with Crippen molar-refractivity contribution >= 4 is 28.9 Å². The van der Waals surface area contributed by atoms with Gasteiger partial charge >= 0.3 is 5.69 Å². The lowest BCUT2D eigenvalue weighted by atomic mass is 10.3. The molecule has 2 aromatic rings. The van der Waals surface area contributed by atoms with Gasteiger partial charge in [0.15, 0.2) is 0 Å². The molecule has 0 unspecified atom stereocenters. The molecule has 1 aromatic carbocycles. The zero-order valence-corrected chi connectivity index (χ0v) is 11.9. The van der Waals surface area contributed by atoms with Crippen molar-refractivity contribution in [2.24, 2.45) is 7.05 Å². The van der Waals surface area contributed by atoms with Gasteiger partial charge < -0.3 is 15.6 Å². The minimum absolute atomic E-state index is 0.322. The van der Waals surface area contributed by atoms with Crippen molar-refractivity contribution in [1.29, 1.82) is 0 Å². The number of nitrogens with one attached hydrogen (secondary N) is 1. The van der Waals surface area contributed by atoms with Gasteiger partial charge in [-0.25, -0.2) is 4.79 Å². The van der Waals surface area contributed by atoms with E-state index in [9.17, 15) is 14.4 Å². The molecule has 21 heavy (non-hydrogen) atoms. The molecule has 1 aromatic heterocycles. The third-order valence-corrected chi connectivity index (χ3v) is 3.17. The van der Waals surface area contributed by atoms with Gasteiger partial charge in [0.2, 0.25) is 5.91 Å². The van der Waals surface area contributed by atoms with Crippen LogP contribution in [0, 0.1) is 0 Å². The summed E-state index contributed by atoms with van der Waals surface area (Å²) in [7, 11) is 1.50. The minimum atomic E-state index is -0.562. The molecule has 1 amide bonds. The molecule has 0 saturated heterocycles. The molecule has 0 saturated carbocycles. The number of aryl methyl sites for hydroxylation is 1. The second kappa shape index (κ2) is 5.84. The maximum atomic E-state index is 11.9. The third-order valence-electron chi connectivity index (χ3n) is 2.82. The smallest absolute Gasteiger partial charge is 0.331 e. The molecule has 0 spiro atoms.